The Labute approximate surface area is 157 Å². The molecule has 0 bridgehead atoms. The Bertz CT molecular complexity index is 713. The van der Waals surface area contributed by atoms with Gasteiger partial charge in [0.05, 0.1) is 5.92 Å². The molecule has 8 heteroatoms. The Morgan fingerprint density at radius 1 is 1.07 bits per heavy atom. The molecule has 1 N–H and O–H groups in total. The summed E-state index contributed by atoms with van der Waals surface area (Å²) in [5, 5.41) is 2.82. The number of hydrogen-bond acceptors (Lipinski definition) is 5. The van der Waals surface area contributed by atoms with Gasteiger partial charge in [-0.3, -0.25) is 19.3 Å². The highest BCUT2D eigenvalue weighted by Crippen LogP contribution is 2.20. The van der Waals surface area contributed by atoms with E-state index in [4.69, 9.17) is 4.74 Å². The van der Waals surface area contributed by atoms with Gasteiger partial charge in [-0.25, -0.2) is 4.79 Å². The molecule has 2 fully saturated rings. The van der Waals surface area contributed by atoms with Crippen LogP contribution in [0, 0.1) is 5.92 Å². The first kappa shape index (κ1) is 18.9. The van der Waals surface area contributed by atoms with E-state index in [-0.39, 0.29) is 17.9 Å². The lowest BCUT2D eigenvalue weighted by Gasteiger charge is -2.31. The molecule has 3 rings (SSSR count). The number of carbonyl (C=O) groups excluding carboxylic acids is 4. The molecule has 27 heavy (non-hydrogen) atoms. The normalized spacial score (nSPS) is 17.7. The number of anilines is 1. The summed E-state index contributed by atoms with van der Waals surface area (Å²) in [5.41, 5.74) is 0.721. The van der Waals surface area contributed by atoms with E-state index >= 15 is 0 Å². The number of benzene rings is 1. The third-order valence-electron chi connectivity index (χ3n) is 4.85. The zero-order valence-electron chi connectivity index (χ0n) is 15.1. The van der Waals surface area contributed by atoms with Crippen molar-refractivity contribution in [2.24, 2.45) is 5.92 Å². The molecule has 0 saturated carbocycles. The molecule has 0 radical (unpaired) electrons. The Balaban J connectivity index is 1.40. The van der Waals surface area contributed by atoms with Gasteiger partial charge in [0, 0.05) is 31.7 Å². The Morgan fingerprint density at radius 2 is 1.78 bits per heavy atom. The van der Waals surface area contributed by atoms with Crippen LogP contribution in [0.25, 0.3) is 0 Å². The zero-order chi connectivity index (χ0) is 19.2. The summed E-state index contributed by atoms with van der Waals surface area (Å²) in [5.74, 6) is -1.47. The summed E-state index contributed by atoms with van der Waals surface area (Å²) in [4.78, 5) is 50.7. The zero-order valence-corrected chi connectivity index (χ0v) is 15.1. The summed E-state index contributed by atoms with van der Waals surface area (Å²) >= 11 is 0. The van der Waals surface area contributed by atoms with Crippen LogP contribution in [0.3, 0.4) is 0 Å². The van der Waals surface area contributed by atoms with E-state index in [2.05, 4.69) is 5.32 Å². The highest BCUT2D eigenvalue weighted by Gasteiger charge is 2.31. The maximum Gasteiger partial charge on any atom is 0.321 e. The maximum atomic E-state index is 12.3. The summed E-state index contributed by atoms with van der Waals surface area (Å²) in [6.07, 6.45) is 1.99. The molecular weight excluding hydrogens is 350 g/mol. The van der Waals surface area contributed by atoms with Gasteiger partial charge in [0.25, 0.3) is 5.91 Å². The average Bonchev–Trinajstić information content (AvgIpc) is 3.12. The van der Waals surface area contributed by atoms with Crippen LogP contribution in [-0.2, 0) is 19.1 Å². The first-order chi connectivity index (χ1) is 13.0. The van der Waals surface area contributed by atoms with Crippen LogP contribution in [0.2, 0.25) is 0 Å². The number of nitrogens with zero attached hydrogens (tertiary/aromatic N) is 2. The minimum atomic E-state index is -0.467. The molecule has 0 spiro atoms. The predicted octanol–water partition coefficient (Wildman–Crippen LogP) is 1.62. The largest absolute Gasteiger partial charge is 0.455 e. The van der Waals surface area contributed by atoms with Crippen molar-refractivity contribution in [2.45, 2.75) is 25.7 Å². The summed E-state index contributed by atoms with van der Waals surface area (Å²) in [6.45, 7) is 0.872. The SMILES string of the molecule is O=C(OCC(=O)N1CCCC1=O)C1CCN(C(=O)Nc2ccccc2)CC1. The fraction of sp³-hybridized carbons (Fsp3) is 0.474. The number of ether oxygens (including phenoxy) is 1. The molecule has 0 aliphatic carbocycles. The van der Waals surface area contributed by atoms with E-state index in [0.717, 1.165) is 10.6 Å². The molecule has 0 atom stereocenters. The monoisotopic (exact) mass is 373 g/mol. The number of para-hydroxylation sites is 1. The standard InChI is InChI=1S/C19H23N3O5/c23-16-7-4-10-22(16)17(24)13-27-18(25)14-8-11-21(12-9-14)19(26)20-15-5-2-1-3-6-15/h1-3,5-6,14H,4,7-13H2,(H,20,26). The lowest BCUT2D eigenvalue weighted by Crippen LogP contribution is -2.43. The second-order valence-electron chi connectivity index (χ2n) is 6.71. The third kappa shape index (κ3) is 4.84. The van der Waals surface area contributed by atoms with Gasteiger partial charge in [-0.05, 0) is 31.4 Å². The van der Waals surface area contributed by atoms with Crippen molar-refractivity contribution in [1.82, 2.24) is 9.80 Å². The molecule has 1 aromatic carbocycles. The number of nitrogens with one attached hydrogen (secondary N) is 1. The van der Waals surface area contributed by atoms with Crippen LogP contribution in [-0.4, -0.2) is 59.9 Å². The molecule has 2 aliphatic rings. The average molecular weight is 373 g/mol. The van der Waals surface area contributed by atoms with Crippen molar-refractivity contribution in [3.63, 3.8) is 0 Å². The fourth-order valence-corrected chi connectivity index (χ4v) is 3.28. The second-order valence-corrected chi connectivity index (χ2v) is 6.71. The summed E-state index contributed by atoms with van der Waals surface area (Å²) in [6, 6.07) is 8.98. The molecule has 0 unspecified atom stereocenters. The summed E-state index contributed by atoms with van der Waals surface area (Å²) < 4.78 is 5.09. The van der Waals surface area contributed by atoms with E-state index in [0.29, 0.717) is 45.3 Å². The van der Waals surface area contributed by atoms with Gasteiger partial charge in [0.1, 0.15) is 0 Å². The van der Waals surface area contributed by atoms with Gasteiger partial charge in [-0.2, -0.15) is 0 Å². The van der Waals surface area contributed by atoms with Crippen LogP contribution < -0.4 is 5.32 Å². The molecule has 2 heterocycles. The van der Waals surface area contributed by atoms with Crippen LogP contribution in [0.1, 0.15) is 25.7 Å². The number of urea groups is 1. The molecule has 144 valence electrons. The molecule has 2 saturated heterocycles. The van der Waals surface area contributed by atoms with Crippen LogP contribution in [0.5, 0.6) is 0 Å². The van der Waals surface area contributed by atoms with Gasteiger partial charge in [-0.1, -0.05) is 18.2 Å². The molecule has 8 nitrogen and oxygen atoms in total. The number of likely N-dealkylation sites (tertiary alicyclic amines) is 2. The number of imide groups is 1. The number of carbonyl (C=O) groups is 4. The van der Waals surface area contributed by atoms with Crippen molar-refractivity contribution >= 4 is 29.5 Å². The Hall–Kier alpha value is -2.90. The van der Waals surface area contributed by atoms with Crippen LogP contribution in [0.15, 0.2) is 30.3 Å². The minimum absolute atomic E-state index is 0.198. The van der Waals surface area contributed by atoms with E-state index in [9.17, 15) is 19.2 Å². The number of hydrogen-bond donors (Lipinski definition) is 1. The van der Waals surface area contributed by atoms with Crippen LogP contribution in [0.4, 0.5) is 10.5 Å². The minimum Gasteiger partial charge on any atom is -0.455 e. The molecular formula is C19H23N3O5. The number of rotatable bonds is 4. The Kier molecular flexibility index (Phi) is 6.05. The van der Waals surface area contributed by atoms with Crippen molar-refractivity contribution in [1.29, 1.82) is 0 Å². The molecule has 4 amide bonds. The van der Waals surface area contributed by atoms with E-state index in [1.165, 1.54) is 0 Å². The number of piperidine rings is 1. The van der Waals surface area contributed by atoms with Gasteiger partial charge in [0.15, 0.2) is 6.61 Å². The van der Waals surface area contributed by atoms with E-state index in [1.54, 1.807) is 4.90 Å². The van der Waals surface area contributed by atoms with Gasteiger partial charge < -0.3 is 15.0 Å². The van der Waals surface area contributed by atoms with Gasteiger partial charge in [0.2, 0.25) is 5.91 Å². The van der Waals surface area contributed by atoms with E-state index in [1.807, 2.05) is 30.3 Å². The first-order valence-corrected chi connectivity index (χ1v) is 9.15. The predicted molar refractivity (Wildman–Crippen MR) is 96.7 cm³/mol. The maximum absolute atomic E-state index is 12.3. The van der Waals surface area contributed by atoms with Crippen molar-refractivity contribution < 1.29 is 23.9 Å². The van der Waals surface area contributed by atoms with Crippen molar-refractivity contribution in [3.05, 3.63) is 30.3 Å². The quantitative estimate of drug-likeness (QED) is 0.809. The highest BCUT2D eigenvalue weighted by atomic mass is 16.5. The van der Waals surface area contributed by atoms with E-state index < -0.39 is 18.5 Å². The first-order valence-electron chi connectivity index (χ1n) is 9.15. The number of esters is 1. The lowest BCUT2D eigenvalue weighted by molar-refractivity contribution is -0.158. The van der Waals surface area contributed by atoms with Gasteiger partial charge in [-0.15, -0.1) is 0 Å². The van der Waals surface area contributed by atoms with Crippen LogP contribution >= 0.6 is 0 Å². The van der Waals surface area contributed by atoms with Gasteiger partial charge >= 0.3 is 12.0 Å². The molecule has 2 aliphatic heterocycles. The molecule has 1 aromatic rings. The highest BCUT2D eigenvalue weighted by molar-refractivity contribution is 5.97. The smallest absolute Gasteiger partial charge is 0.321 e. The number of amides is 4. The fourth-order valence-electron chi connectivity index (χ4n) is 3.28. The van der Waals surface area contributed by atoms with Crippen molar-refractivity contribution in [2.75, 3.05) is 31.6 Å². The van der Waals surface area contributed by atoms with Crippen molar-refractivity contribution in [3.8, 4) is 0 Å². The third-order valence-corrected chi connectivity index (χ3v) is 4.85. The topological polar surface area (TPSA) is 96.0 Å². The molecule has 0 aromatic heterocycles. The summed E-state index contributed by atoms with van der Waals surface area (Å²) in [7, 11) is 0. The Morgan fingerprint density at radius 3 is 2.41 bits per heavy atom. The lowest BCUT2D eigenvalue weighted by atomic mass is 9.97. The second kappa shape index (κ2) is 8.66.